The summed E-state index contributed by atoms with van der Waals surface area (Å²) in [6, 6.07) is 5.04. The molecule has 2 rings (SSSR count). The number of benzene rings is 1. The molecule has 0 saturated carbocycles. The molecule has 0 saturated heterocycles. The van der Waals surface area contributed by atoms with Crippen LogP contribution in [0.1, 0.15) is 26.3 Å². The summed E-state index contributed by atoms with van der Waals surface area (Å²) in [5.74, 6) is -0.653. The molecule has 190 valence electrons. The molecule has 0 aromatic heterocycles. The molecule has 1 aliphatic heterocycles. The van der Waals surface area contributed by atoms with Gasteiger partial charge in [0.25, 0.3) is 0 Å². The number of ether oxygens (including phenoxy) is 2. The Balaban J connectivity index is 2.50. The molecule has 0 spiro atoms. The van der Waals surface area contributed by atoms with E-state index in [1.807, 2.05) is 0 Å². The fourth-order valence-corrected chi connectivity index (χ4v) is 5.09. The summed E-state index contributed by atoms with van der Waals surface area (Å²) in [5, 5.41) is 9.95. The van der Waals surface area contributed by atoms with Crippen molar-refractivity contribution in [1.82, 2.24) is 4.90 Å². The van der Waals surface area contributed by atoms with Crippen LogP contribution < -0.4 is 0 Å². The third-order valence-corrected chi connectivity index (χ3v) is 7.93. The molecule has 1 N–H and O–H groups in total. The molecular weight excluding hydrogens is 546 g/mol. The molecule has 1 atom stereocenters. The lowest BCUT2D eigenvalue weighted by molar-refractivity contribution is 0.0111. The molecule has 1 aromatic carbocycles. The van der Waals surface area contributed by atoms with Crippen molar-refractivity contribution in [2.45, 2.75) is 57.6 Å². The number of aliphatic imine (C=N–C) groups is 1. The smallest absolute Gasteiger partial charge is 0.418 e. The van der Waals surface area contributed by atoms with Gasteiger partial charge in [0.05, 0.1) is 6.61 Å². The molecule has 1 aliphatic rings. The van der Waals surface area contributed by atoms with E-state index in [2.05, 4.69) is 40.6 Å². The van der Waals surface area contributed by atoms with Crippen molar-refractivity contribution < 1.29 is 28.2 Å². The van der Waals surface area contributed by atoms with Crippen LogP contribution >= 0.6 is 27.7 Å². The van der Waals surface area contributed by atoms with Crippen molar-refractivity contribution in [3.8, 4) is 0 Å². The van der Waals surface area contributed by atoms with Gasteiger partial charge in [0, 0.05) is 29.6 Å². The van der Waals surface area contributed by atoms with Crippen LogP contribution in [0.25, 0.3) is 0 Å². The SMILES string of the molecule is CC(C)(C)OC(=O)N(COCC[Si](C)(C)C)C1=N[C@](CF)(c2cc(Br)ccc2F)C=C(CO)S1. The highest BCUT2D eigenvalue weighted by molar-refractivity contribution is 9.10. The van der Waals surface area contributed by atoms with Crippen molar-refractivity contribution in [1.29, 1.82) is 0 Å². The van der Waals surface area contributed by atoms with Gasteiger partial charge in [-0.15, -0.1) is 0 Å². The van der Waals surface area contributed by atoms with Gasteiger partial charge in [0.15, 0.2) is 5.17 Å². The summed E-state index contributed by atoms with van der Waals surface area (Å²) in [6.45, 7) is 10.6. The van der Waals surface area contributed by atoms with E-state index in [-0.39, 0.29) is 17.5 Å². The van der Waals surface area contributed by atoms with Crippen LogP contribution in [0.5, 0.6) is 0 Å². The second-order valence-electron chi connectivity index (χ2n) is 10.2. The van der Waals surface area contributed by atoms with Gasteiger partial charge in [-0.2, -0.15) is 0 Å². The third-order valence-electron chi connectivity index (χ3n) is 4.73. The summed E-state index contributed by atoms with van der Waals surface area (Å²) < 4.78 is 41.3. The first-order valence-corrected chi connectivity index (χ1v) is 16.2. The maximum absolute atomic E-state index is 14.8. The molecule has 34 heavy (non-hydrogen) atoms. The largest absolute Gasteiger partial charge is 0.443 e. The lowest BCUT2D eigenvalue weighted by Gasteiger charge is -2.34. The highest BCUT2D eigenvalue weighted by Crippen LogP contribution is 2.40. The lowest BCUT2D eigenvalue weighted by atomic mass is 9.90. The first-order valence-electron chi connectivity index (χ1n) is 10.9. The first-order chi connectivity index (χ1) is 15.7. The molecule has 0 aliphatic carbocycles. The zero-order chi connectivity index (χ0) is 25.7. The number of aliphatic hydroxyl groups excluding tert-OH is 1. The number of carbonyl (C=O) groups is 1. The Hall–Kier alpha value is -1.27. The Morgan fingerprint density at radius 3 is 2.56 bits per heavy atom. The van der Waals surface area contributed by atoms with Gasteiger partial charge in [0.1, 0.15) is 30.4 Å². The molecule has 1 amide bonds. The maximum atomic E-state index is 14.8. The second kappa shape index (κ2) is 11.6. The summed E-state index contributed by atoms with van der Waals surface area (Å²) in [5.41, 5.74) is -2.57. The van der Waals surface area contributed by atoms with E-state index in [4.69, 9.17) is 9.47 Å². The van der Waals surface area contributed by atoms with E-state index >= 15 is 0 Å². The first kappa shape index (κ1) is 29.0. The zero-order valence-electron chi connectivity index (χ0n) is 20.5. The van der Waals surface area contributed by atoms with Crippen LogP contribution in [-0.4, -0.2) is 61.6 Å². The van der Waals surface area contributed by atoms with Crippen LogP contribution in [0.2, 0.25) is 25.7 Å². The number of thioether (sulfide) groups is 1. The van der Waals surface area contributed by atoms with E-state index in [0.29, 0.717) is 16.0 Å². The van der Waals surface area contributed by atoms with Crippen LogP contribution in [0, 0.1) is 5.82 Å². The van der Waals surface area contributed by atoms with E-state index < -0.39 is 44.4 Å². The summed E-state index contributed by atoms with van der Waals surface area (Å²) in [6.07, 6.45) is 0.666. The second-order valence-corrected chi connectivity index (χ2v) is 17.8. The van der Waals surface area contributed by atoms with Crippen molar-refractivity contribution in [3.63, 3.8) is 0 Å². The van der Waals surface area contributed by atoms with Crippen LogP contribution in [0.4, 0.5) is 13.6 Å². The van der Waals surface area contributed by atoms with E-state index in [1.165, 1.54) is 29.2 Å². The summed E-state index contributed by atoms with van der Waals surface area (Å²) >= 11 is 4.29. The number of nitrogens with zero attached hydrogens (tertiary/aromatic N) is 2. The Morgan fingerprint density at radius 1 is 1.32 bits per heavy atom. The van der Waals surface area contributed by atoms with Gasteiger partial charge < -0.3 is 14.6 Å². The minimum Gasteiger partial charge on any atom is -0.443 e. The molecule has 6 nitrogen and oxygen atoms in total. The predicted octanol–water partition coefficient (Wildman–Crippen LogP) is 6.28. The number of halogens is 3. The average molecular weight is 580 g/mol. The highest BCUT2D eigenvalue weighted by Gasteiger charge is 2.40. The highest BCUT2D eigenvalue weighted by atomic mass is 79.9. The Labute approximate surface area is 213 Å². The Kier molecular flexibility index (Phi) is 9.92. The summed E-state index contributed by atoms with van der Waals surface area (Å²) in [7, 11) is -1.37. The molecule has 0 unspecified atom stereocenters. The molecule has 1 aromatic rings. The van der Waals surface area contributed by atoms with E-state index in [9.17, 15) is 18.7 Å². The Morgan fingerprint density at radius 2 is 2.00 bits per heavy atom. The van der Waals surface area contributed by atoms with Crippen molar-refractivity contribution in [3.05, 3.63) is 45.0 Å². The predicted molar refractivity (Wildman–Crippen MR) is 139 cm³/mol. The van der Waals surface area contributed by atoms with Gasteiger partial charge in [-0.1, -0.05) is 47.3 Å². The average Bonchev–Trinajstić information content (AvgIpc) is 2.72. The standard InChI is InChI=1S/C23H33BrF2N2O4SSi/c1-22(2,3)32-21(30)28(15-31-9-10-34(4,5)6)20-27-23(14-25,12-17(13-29)33-20)18-11-16(24)7-8-19(18)26/h7-8,11-12,29H,9-10,13-15H2,1-6H3/t23-/m1/s1. The van der Waals surface area contributed by atoms with Crippen LogP contribution in [0.15, 0.2) is 38.6 Å². The monoisotopic (exact) mass is 578 g/mol. The molecule has 0 fully saturated rings. The minimum absolute atomic E-state index is 0.0167. The Bertz CT molecular complexity index is 950. The van der Waals surface area contributed by atoms with Crippen molar-refractivity contribution in [2.24, 2.45) is 4.99 Å². The van der Waals surface area contributed by atoms with Gasteiger partial charge in [-0.25, -0.2) is 23.5 Å². The number of hydrogen-bond acceptors (Lipinski definition) is 6. The van der Waals surface area contributed by atoms with Crippen molar-refractivity contribution >= 4 is 47.0 Å². The van der Waals surface area contributed by atoms with Gasteiger partial charge in [-0.3, -0.25) is 0 Å². The number of alkyl halides is 1. The number of hydrogen-bond donors (Lipinski definition) is 1. The van der Waals surface area contributed by atoms with Gasteiger partial charge >= 0.3 is 6.09 Å². The quantitative estimate of drug-likeness (QED) is 0.223. The molecule has 11 heteroatoms. The zero-order valence-corrected chi connectivity index (χ0v) is 23.9. The van der Waals surface area contributed by atoms with Crippen molar-refractivity contribution in [2.75, 3.05) is 26.6 Å². The lowest BCUT2D eigenvalue weighted by Crippen LogP contribution is -2.44. The number of carbonyl (C=O) groups excluding carboxylic acids is 1. The fraction of sp³-hybridized carbons (Fsp3) is 0.565. The number of amides is 1. The minimum atomic E-state index is -1.76. The summed E-state index contributed by atoms with van der Waals surface area (Å²) in [4.78, 5) is 19.1. The normalized spacial score (nSPS) is 18.9. The third kappa shape index (κ3) is 8.15. The molecule has 0 bridgehead atoms. The molecule has 0 radical (unpaired) electrons. The molecule has 1 heterocycles. The number of amidine groups is 1. The van der Waals surface area contributed by atoms with Crippen LogP contribution in [-0.2, 0) is 15.0 Å². The van der Waals surface area contributed by atoms with Crippen LogP contribution in [0.3, 0.4) is 0 Å². The van der Waals surface area contributed by atoms with E-state index in [1.54, 1.807) is 20.8 Å². The maximum Gasteiger partial charge on any atom is 0.418 e. The topological polar surface area (TPSA) is 71.4 Å². The molecular formula is C23H33BrF2N2O4SSi. The number of aliphatic hydroxyl groups is 1. The fourth-order valence-electron chi connectivity index (χ4n) is 2.98. The van der Waals surface area contributed by atoms with E-state index in [0.717, 1.165) is 17.8 Å². The number of rotatable bonds is 8. The van der Waals surface area contributed by atoms with Gasteiger partial charge in [0.2, 0.25) is 0 Å². The van der Waals surface area contributed by atoms with Gasteiger partial charge in [-0.05, 0) is 51.1 Å².